The Morgan fingerprint density at radius 1 is 1.57 bits per heavy atom. The van der Waals surface area contributed by atoms with Crippen LogP contribution in [0.25, 0.3) is 0 Å². The van der Waals surface area contributed by atoms with Gasteiger partial charge in [0.1, 0.15) is 5.82 Å². The van der Waals surface area contributed by atoms with Crippen LogP contribution in [-0.4, -0.2) is 29.9 Å². The van der Waals surface area contributed by atoms with Crippen LogP contribution in [0.15, 0.2) is 12.4 Å². The van der Waals surface area contributed by atoms with Crippen LogP contribution in [-0.2, 0) is 16.6 Å². The van der Waals surface area contributed by atoms with Gasteiger partial charge in [0.2, 0.25) is 0 Å². The third kappa shape index (κ3) is 3.10. The van der Waals surface area contributed by atoms with E-state index in [1.807, 2.05) is 24.7 Å². The molecule has 1 unspecified atom stereocenters. The van der Waals surface area contributed by atoms with E-state index in [4.69, 9.17) is 9.57 Å². The molecule has 0 fully saturated rings. The molecule has 1 N–H and O–H groups in total. The SMILES string of the molecule is COCCONC(C)c1nccn1C. The van der Waals surface area contributed by atoms with Crippen LogP contribution in [0.2, 0.25) is 0 Å². The van der Waals surface area contributed by atoms with Crippen molar-refractivity contribution in [3.05, 3.63) is 18.2 Å². The lowest BCUT2D eigenvalue weighted by atomic mass is 10.3. The minimum Gasteiger partial charge on any atom is -0.382 e. The van der Waals surface area contributed by atoms with Gasteiger partial charge in [-0.3, -0.25) is 4.84 Å². The molecule has 1 aromatic rings. The summed E-state index contributed by atoms with van der Waals surface area (Å²) in [6, 6.07) is 0.0758. The number of hydrogen-bond acceptors (Lipinski definition) is 4. The highest BCUT2D eigenvalue weighted by atomic mass is 16.7. The van der Waals surface area contributed by atoms with Gasteiger partial charge in [-0.05, 0) is 6.92 Å². The number of aryl methyl sites for hydroxylation is 1. The fourth-order valence-electron chi connectivity index (χ4n) is 1.16. The molecule has 1 aromatic heterocycles. The lowest BCUT2D eigenvalue weighted by Crippen LogP contribution is -2.23. The maximum atomic E-state index is 5.19. The first-order chi connectivity index (χ1) is 6.75. The average molecular weight is 199 g/mol. The number of nitrogens with one attached hydrogen (secondary N) is 1. The minimum absolute atomic E-state index is 0.0758. The monoisotopic (exact) mass is 199 g/mol. The molecular formula is C9H17N3O2. The van der Waals surface area contributed by atoms with Gasteiger partial charge in [0, 0.05) is 26.6 Å². The van der Waals surface area contributed by atoms with Crippen LogP contribution in [0, 0.1) is 0 Å². The van der Waals surface area contributed by atoms with E-state index in [0.717, 1.165) is 5.82 Å². The molecule has 0 aliphatic heterocycles. The number of rotatable bonds is 6. The van der Waals surface area contributed by atoms with Crippen LogP contribution in [0.1, 0.15) is 18.8 Å². The third-order valence-electron chi connectivity index (χ3n) is 1.90. The van der Waals surface area contributed by atoms with Crippen molar-refractivity contribution >= 4 is 0 Å². The smallest absolute Gasteiger partial charge is 0.127 e. The second-order valence-electron chi connectivity index (χ2n) is 3.08. The van der Waals surface area contributed by atoms with Crippen molar-refractivity contribution in [2.24, 2.45) is 7.05 Å². The highest BCUT2D eigenvalue weighted by Crippen LogP contribution is 2.07. The maximum Gasteiger partial charge on any atom is 0.127 e. The Morgan fingerprint density at radius 3 is 2.93 bits per heavy atom. The van der Waals surface area contributed by atoms with Crippen molar-refractivity contribution < 1.29 is 9.57 Å². The summed E-state index contributed by atoms with van der Waals surface area (Å²) < 4.78 is 6.81. The van der Waals surface area contributed by atoms with Gasteiger partial charge >= 0.3 is 0 Å². The topological polar surface area (TPSA) is 48.3 Å². The zero-order valence-corrected chi connectivity index (χ0v) is 8.86. The fraction of sp³-hybridized carbons (Fsp3) is 0.667. The first-order valence-corrected chi connectivity index (χ1v) is 4.59. The van der Waals surface area contributed by atoms with Crippen molar-refractivity contribution in [2.45, 2.75) is 13.0 Å². The van der Waals surface area contributed by atoms with Crippen LogP contribution in [0.4, 0.5) is 0 Å². The molecular weight excluding hydrogens is 182 g/mol. The predicted molar refractivity (Wildman–Crippen MR) is 52.6 cm³/mol. The molecule has 1 atom stereocenters. The molecule has 0 aliphatic carbocycles. The summed E-state index contributed by atoms with van der Waals surface area (Å²) in [5, 5.41) is 0. The van der Waals surface area contributed by atoms with Crippen molar-refractivity contribution in [2.75, 3.05) is 20.3 Å². The van der Waals surface area contributed by atoms with Crippen LogP contribution < -0.4 is 5.48 Å². The van der Waals surface area contributed by atoms with Crippen LogP contribution >= 0.6 is 0 Å². The van der Waals surface area contributed by atoms with E-state index < -0.39 is 0 Å². The Bertz CT molecular complexity index is 262. The fourth-order valence-corrected chi connectivity index (χ4v) is 1.16. The Morgan fingerprint density at radius 2 is 2.36 bits per heavy atom. The summed E-state index contributed by atoms with van der Waals surface area (Å²) in [4.78, 5) is 9.39. The number of hydroxylamine groups is 1. The van der Waals surface area contributed by atoms with Crippen LogP contribution in [0.3, 0.4) is 0 Å². The third-order valence-corrected chi connectivity index (χ3v) is 1.90. The number of aromatic nitrogens is 2. The molecule has 0 aromatic carbocycles. The zero-order chi connectivity index (χ0) is 10.4. The van der Waals surface area contributed by atoms with Crippen molar-refractivity contribution in [3.8, 4) is 0 Å². The van der Waals surface area contributed by atoms with Gasteiger partial charge in [0.05, 0.1) is 19.3 Å². The van der Waals surface area contributed by atoms with Gasteiger partial charge in [-0.1, -0.05) is 0 Å². The molecule has 0 amide bonds. The summed E-state index contributed by atoms with van der Waals surface area (Å²) >= 11 is 0. The van der Waals surface area contributed by atoms with E-state index in [-0.39, 0.29) is 6.04 Å². The van der Waals surface area contributed by atoms with Gasteiger partial charge in [-0.15, -0.1) is 0 Å². The number of nitrogens with zero attached hydrogens (tertiary/aromatic N) is 2. The molecule has 0 bridgehead atoms. The average Bonchev–Trinajstić information content (AvgIpc) is 2.59. The molecule has 0 spiro atoms. The van der Waals surface area contributed by atoms with Crippen molar-refractivity contribution in [3.63, 3.8) is 0 Å². The molecule has 5 nitrogen and oxygen atoms in total. The van der Waals surface area contributed by atoms with E-state index >= 15 is 0 Å². The summed E-state index contributed by atoms with van der Waals surface area (Å²) in [6.45, 7) is 3.11. The summed E-state index contributed by atoms with van der Waals surface area (Å²) in [5.74, 6) is 0.947. The summed E-state index contributed by atoms with van der Waals surface area (Å²) in [6.07, 6.45) is 3.67. The molecule has 0 radical (unpaired) electrons. The first-order valence-electron chi connectivity index (χ1n) is 4.59. The van der Waals surface area contributed by atoms with E-state index in [1.165, 1.54) is 0 Å². The van der Waals surface area contributed by atoms with E-state index in [0.29, 0.717) is 13.2 Å². The largest absolute Gasteiger partial charge is 0.382 e. The number of methoxy groups -OCH3 is 1. The van der Waals surface area contributed by atoms with Gasteiger partial charge in [0.15, 0.2) is 0 Å². The molecule has 80 valence electrons. The van der Waals surface area contributed by atoms with Gasteiger partial charge in [-0.2, -0.15) is 5.48 Å². The summed E-state index contributed by atoms with van der Waals surface area (Å²) in [7, 11) is 3.60. The molecule has 1 rings (SSSR count). The van der Waals surface area contributed by atoms with E-state index in [1.54, 1.807) is 13.3 Å². The molecule has 14 heavy (non-hydrogen) atoms. The highest BCUT2D eigenvalue weighted by molar-refractivity contribution is 4.95. The number of hydrogen-bond donors (Lipinski definition) is 1. The molecule has 1 heterocycles. The predicted octanol–water partition coefficient (Wildman–Crippen LogP) is 0.649. The summed E-state index contributed by atoms with van der Waals surface area (Å²) in [5.41, 5.74) is 2.90. The lowest BCUT2D eigenvalue weighted by molar-refractivity contribution is -0.0110. The quantitative estimate of drug-likeness (QED) is 0.540. The highest BCUT2D eigenvalue weighted by Gasteiger charge is 2.08. The first kappa shape index (κ1) is 11.2. The second kappa shape index (κ2) is 5.74. The zero-order valence-electron chi connectivity index (χ0n) is 8.86. The van der Waals surface area contributed by atoms with E-state index in [9.17, 15) is 0 Å². The molecule has 5 heteroatoms. The Labute approximate surface area is 84.0 Å². The number of imidazole rings is 1. The Balaban J connectivity index is 2.28. The van der Waals surface area contributed by atoms with Gasteiger partial charge < -0.3 is 9.30 Å². The van der Waals surface area contributed by atoms with Gasteiger partial charge in [0.25, 0.3) is 0 Å². The second-order valence-corrected chi connectivity index (χ2v) is 3.08. The normalized spacial score (nSPS) is 13.1. The Kier molecular flexibility index (Phi) is 4.58. The standard InChI is InChI=1S/C9H17N3O2/c1-8(11-14-7-6-13-3)9-10-4-5-12(9)2/h4-5,8,11H,6-7H2,1-3H3. The maximum absolute atomic E-state index is 5.19. The van der Waals surface area contributed by atoms with Crippen molar-refractivity contribution in [1.29, 1.82) is 0 Å². The molecule has 0 aliphatic rings. The van der Waals surface area contributed by atoms with Crippen molar-refractivity contribution in [1.82, 2.24) is 15.0 Å². The van der Waals surface area contributed by atoms with Crippen LogP contribution in [0.5, 0.6) is 0 Å². The molecule has 0 saturated heterocycles. The van der Waals surface area contributed by atoms with E-state index in [2.05, 4.69) is 10.5 Å². The molecule has 0 saturated carbocycles. The Hall–Kier alpha value is -0.910. The van der Waals surface area contributed by atoms with Gasteiger partial charge in [-0.25, -0.2) is 4.98 Å². The lowest BCUT2D eigenvalue weighted by Gasteiger charge is -2.13. The minimum atomic E-state index is 0.0758. The number of ether oxygens (including phenoxy) is 1.